The number of Topliss-reactive ketones (excluding diaryl/α,β-unsaturated/α-hetero) is 1. The molecule has 0 aliphatic rings. The van der Waals surface area contributed by atoms with Crippen molar-refractivity contribution in [3.8, 4) is 11.8 Å². The molecule has 1 aromatic rings. The average Bonchev–Trinajstić information content (AvgIpc) is 2.38. The summed E-state index contributed by atoms with van der Waals surface area (Å²) in [5.41, 5.74) is 0.728. The van der Waals surface area contributed by atoms with Gasteiger partial charge in [0.05, 0.1) is 13.2 Å². The summed E-state index contributed by atoms with van der Waals surface area (Å²) in [4.78, 5) is 11.8. The Bertz CT molecular complexity index is 390. The molecule has 1 rings (SSSR count). The van der Waals surface area contributed by atoms with Gasteiger partial charge in [0, 0.05) is 18.4 Å². The highest BCUT2D eigenvalue weighted by Crippen LogP contribution is 2.14. The van der Waals surface area contributed by atoms with Crippen LogP contribution in [-0.4, -0.2) is 12.9 Å². The fraction of sp³-hybridized carbons (Fsp3) is 0.429. The number of methoxy groups -OCH3 is 1. The molecule has 0 aliphatic carbocycles. The number of benzene rings is 1. The highest BCUT2D eigenvalue weighted by molar-refractivity contribution is 5.96. The van der Waals surface area contributed by atoms with Crippen LogP contribution in [0.3, 0.4) is 0 Å². The van der Waals surface area contributed by atoms with Gasteiger partial charge in [-0.25, -0.2) is 0 Å². The molecule has 0 atom stereocenters. The van der Waals surface area contributed by atoms with Gasteiger partial charge in [-0.1, -0.05) is 6.42 Å². The molecule has 0 aromatic heterocycles. The molecule has 0 aliphatic heterocycles. The Hall–Kier alpha value is -1.82. The van der Waals surface area contributed by atoms with Crippen LogP contribution in [-0.2, 0) is 0 Å². The molecule has 0 amide bonds. The van der Waals surface area contributed by atoms with Crippen molar-refractivity contribution >= 4 is 5.78 Å². The molecular formula is C14H17NO2. The van der Waals surface area contributed by atoms with Crippen molar-refractivity contribution in [1.82, 2.24) is 0 Å². The van der Waals surface area contributed by atoms with Crippen LogP contribution in [0, 0.1) is 11.3 Å². The normalized spacial score (nSPS) is 9.65. The number of ether oxygens (including phenoxy) is 1. The van der Waals surface area contributed by atoms with Crippen molar-refractivity contribution in [2.45, 2.75) is 32.1 Å². The van der Waals surface area contributed by atoms with E-state index in [1.807, 2.05) is 0 Å². The van der Waals surface area contributed by atoms with Crippen LogP contribution in [0.4, 0.5) is 0 Å². The van der Waals surface area contributed by atoms with E-state index < -0.39 is 0 Å². The van der Waals surface area contributed by atoms with Crippen LogP contribution < -0.4 is 4.74 Å². The molecule has 3 heteroatoms. The maximum Gasteiger partial charge on any atom is 0.162 e. The van der Waals surface area contributed by atoms with Gasteiger partial charge in [-0.3, -0.25) is 4.79 Å². The molecule has 0 radical (unpaired) electrons. The monoisotopic (exact) mass is 231 g/mol. The summed E-state index contributed by atoms with van der Waals surface area (Å²) in [6, 6.07) is 9.27. The number of carbonyl (C=O) groups is 1. The van der Waals surface area contributed by atoms with E-state index >= 15 is 0 Å². The molecule has 0 saturated heterocycles. The zero-order chi connectivity index (χ0) is 12.5. The Morgan fingerprint density at radius 1 is 1.24 bits per heavy atom. The highest BCUT2D eigenvalue weighted by atomic mass is 16.5. The van der Waals surface area contributed by atoms with Crippen molar-refractivity contribution in [3.05, 3.63) is 29.8 Å². The van der Waals surface area contributed by atoms with Crippen LogP contribution in [0.5, 0.6) is 5.75 Å². The molecule has 0 spiro atoms. The van der Waals surface area contributed by atoms with E-state index in [4.69, 9.17) is 10.00 Å². The summed E-state index contributed by atoms with van der Waals surface area (Å²) >= 11 is 0. The molecule has 90 valence electrons. The first-order chi connectivity index (χ1) is 8.27. The predicted octanol–water partition coefficient (Wildman–Crippen LogP) is 3.35. The predicted molar refractivity (Wildman–Crippen MR) is 66.0 cm³/mol. The Balaban J connectivity index is 2.34. The maximum atomic E-state index is 11.8. The number of hydrogen-bond acceptors (Lipinski definition) is 3. The molecule has 0 unspecified atom stereocenters. The summed E-state index contributed by atoms with van der Waals surface area (Å²) in [7, 11) is 1.60. The van der Waals surface area contributed by atoms with Gasteiger partial charge in [-0.2, -0.15) is 5.26 Å². The number of rotatable bonds is 7. The Morgan fingerprint density at radius 3 is 2.53 bits per heavy atom. The van der Waals surface area contributed by atoms with E-state index in [0.717, 1.165) is 30.6 Å². The lowest BCUT2D eigenvalue weighted by molar-refractivity contribution is 0.0979. The largest absolute Gasteiger partial charge is 0.497 e. The van der Waals surface area contributed by atoms with Gasteiger partial charge in [0.25, 0.3) is 0 Å². The Labute approximate surface area is 102 Å². The van der Waals surface area contributed by atoms with Gasteiger partial charge in [-0.05, 0) is 37.1 Å². The smallest absolute Gasteiger partial charge is 0.162 e. The second-order valence-corrected chi connectivity index (χ2v) is 3.87. The van der Waals surface area contributed by atoms with E-state index in [-0.39, 0.29) is 5.78 Å². The lowest BCUT2D eigenvalue weighted by atomic mass is 10.0. The Kier molecular flexibility index (Phi) is 5.81. The second kappa shape index (κ2) is 7.45. The third-order valence-corrected chi connectivity index (χ3v) is 2.60. The summed E-state index contributed by atoms with van der Waals surface area (Å²) in [6.45, 7) is 0. The number of nitrogens with zero attached hydrogens (tertiary/aromatic N) is 1. The first-order valence-corrected chi connectivity index (χ1v) is 5.82. The van der Waals surface area contributed by atoms with Crippen LogP contribution in [0.1, 0.15) is 42.5 Å². The van der Waals surface area contributed by atoms with Crippen molar-refractivity contribution in [3.63, 3.8) is 0 Å². The first kappa shape index (κ1) is 13.2. The number of ketones is 1. The summed E-state index contributed by atoms with van der Waals surface area (Å²) in [6.07, 6.45) is 3.81. The molecule has 0 saturated carbocycles. The second-order valence-electron chi connectivity index (χ2n) is 3.87. The standard InChI is InChI=1S/C14H17NO2/c1-17-13-9-7-12(8-10-13)14(16)6-4-2-3-5-11-15/h7-10H,2-6H2,1H3. The molecule has 0 fully saturated rings. The van der Waals surface area contributed by atoms with Crippen molar-refractivity contribution in [1.29, 1.82) is 5.26 Å². The lowest BCUT2D eigenvalue weighted by Gasteiger charge is -2.02. The number of unbranched alkanes of at least 4 members (excludes halogenated alkanes) is 3. The number of nitriles is 1. The summed E-state index contributed by atoms with van der Waals surface area (Å²) in [5, 5.41) is 8.37. The van der Waals surface area contributed by atoms with E-state index in [2.05, 4.69) is 6.07 Å². The van der Waals surface area contributed by atoms with Gasteiger partial charge in [-0.15, -0.1) is 0 Å². The fourth-order valence-corrected chi connectivity index (χ4v) is 1.59. The van der Waals surface area contributed by atoms with Crippen LogP contribution in [0.15, 0.2) is 24.3 Å². The zero-order valence-electron chi connectivity index (χ0n) is 10.1. The van der Waals surface area contributed by atoms with Crippen molar-refractivity contribution in [2.75, 3.05) is 7.11 Å². The summed E-state index contributed by atoms with van der Waals surface area (Å²) < 4.78 is 5.03. The lowest BCUT2D eigenvalue weighted by Crippen LogP contribution is -1.98. The van der Waals surface area contributed by atoms with Gasteiger partial charge in [0.1, 0.15) is 5.75 Å². The van der Waals surface area contributed by atoms with E-state index in [9.17, 15) is 4.79 Å². The van der Waals surface area contributed by atoms with Gasteiger partial charge in [0.2, 0.25) is 0 Å². The minimum atomic E-state index is 0.157. The van der Waals surface area contributed by atoms with Crippen LogP contribution >= 0.6 is 0 Å². The Morgan fingerprint density at radius 2 is 1.94 bits per heavy atom. The van der Waals surface area contributed by atoms with E-state index in [1.54, 1.807) is 31.4 Å². The molecule has 17 heavy (non-hydrogen) atoms. The maximum absolute atomic E-state index is 11.8. The van der Waals surface area contributed by atoms with Crippen molar-refractivity contribution < 1.29 is 9.53 Å². The molecule has 0 N–H and O–H groups in total. The molecule has 0 heterocycles. The van der Waals surface area contributed by atoms with E-state index in [0.29, 0.717) is 12.8 Å². The van der Waals surface area contributed by atoms with Crippen molar-refractivity contribution in [2.24, 2.45) is 0 Å². The third kappa shape index (κ3) is 4.69. The van der Waals surface area contributed by atoms with Gasteiger partial charge >= 0.3 is 0 Å². The quantitative estimate of drug-likeness (QED) is 0.534. The molecule has 3 nitrogen and oxygen atoms in total. The molecule has 1 aromatic carbocycles. The van der Waals surface area contributed by atoms with E-state index in [1.165, 1.54) is 0 Å². The minimum absolute atomic E-state index is 0.157. The summed E-state index contributed by atoms with van der Waals surface area (Å²) in [5.74, 6) is 0.917. The number of carbonyl (C=O) groups excluding carboxylic acids is 1. The topological polar surface area (TPSA) is 50.1 Å². The van der Waals surface area contributed by atoms with Gasteiger partial charge < -0.3 is 4.74 Å². The highest BCUT2D eigenvalue weighted by Gasteiger charge is 2.05. The fourth-order valence-electron chi connectivity index (χ4n) is 1.59. The van der Waals surface area contributed by atoms with Crippen LogP contribution in [0.2, 0.25) is 0 Å². The number of hydrogen-bond donors (Lipinski definition) is 0. The third-order valence-electron chi connectivity index (χ3n) is 2.60. The minimum Gasteiger partial charge on any atom is -0.497 e. The zero-order valence-corrected chi connectivity index (χ0v) is 10.1. The first-order valence-electron chi connectivity index (χ1n) is 5.82. The van der Waals surface area contributed by atoms with Gasteiger partial charge in [0.15, 0.2) is 5.78 Å². The SMILES string of the molecule is COc1ccc(C(=O)CCCCCC#N)cc1. The van der Waals surface area contributed by atoms with Crippen LogP contribution in [0.25, 0.3) is 0 Å². The average molecular weight is 231 g/mol. The molecular weight excluding hydrogens is 214 g/mol. The molecule has 0 bridgehead atoms.